The Bertz CT molecular complexity index is 1180. The number of nitrogens with one attached hydrogen (secondary N) is 1. The molecule has 3 aromatic rings. The van der Waals surface area contributed by atoms with Gasteiger partial charge in [0.15, 0.2) is 6.61 Å². The highest BCUT2D eigenvalue weighted by Crippen LogP contribution is 2.28. The van der Waals surface area contributed by atoms with Crippen LogP contribution in [0.4, 0.5) is 11.4 Å². The summed E-state index contributed by atoms with van der Waals surface area (Å²) in [5, 5.41) is 2.70. The normalized spacial score (nSPS) is 12.7. The van der Waals surface area contributed by atoms with Gasteiger partial charge in [0.05, 0.1) is 17.1 Å². The van der Waals surface area contributed by atoms with Crippen molar-refractivity contribution in [2.24, 2.45) is 0 Å². The Morgan fingerprint density at radius 1 is 1.03 bits per heavy atom. The molecule has 0 aliphatic carbocycles. The number of ether oxygens (including phenoxy) is 2. The average Bonchev–Trinajstić information content (AvgIpc) is 2.85. The molecule has 0 spiro atoms. The molecule has 8 heteroatoms. The van der Waals surface area contributed by atoms with Crippen LogP contribution < -0.4 is 15.0 Å². The van der Waals surface area contributed by atoms with Gasteiger partial charge in [-0.15, -0.1) is 0 Å². The lowest BCUT2D eigenvalue weighted by Crippen LogP contribution is -2.43. The highest BCUT2D eigenvalue weighted by atomic mass is 16.5. The Hall–Kier alpha value is -4.46. The first-order valence-corrected chi connectivity index (χ1v) is 10.3. The molecule has 0 atom stereocenters. The molecule has 0 saturated carbocycles. The van der Waals surface area contributed by atoms with E-state index in [0.717, 1.165) is 11.3 Å². The summed E-state index contributed by atoms with van der Waals surface area (Å²) in [6.45, 7) is -0.234. The van der Waals surface area contributed by atoms with Gasteiger partial charge in [-0.25, -0.2) is 4.79 Å². The molecule has 0 radical (unpaired) electrons. The zero-order chi connectivity index (χ0) is 23.0. The Balaban J connectivity index is 1.27. The zero-order valence-corrected chi connectivity index (χ0v) is 17.6. The van der Waals surface area contributed by atoms with Gasteiger partial charge in [-0.05, 0) is 48.0 Å². The summed E-state index contributed by atoms with van der Waals surface area (Å²) in [7, 11) is 0. The molecule has 33 heavy (non-hydrogen) atoms. The van der Waals surface area contributed by atoms with Crippen LogP contribution in [0.5, 0.6) is 5.75 Å². The zero-order valence-electron chi connectivity index (χ0n) is 17.6. The third-order valence-electron chi connectivity index (χ3n) is 4.81. The third kappa shape index (κ3) is 5.82. The van der Waals surface area contributed by atoms with E-state index >= 15 is 0 Å². The number of aromatic nitrogens is 1. The summed E-state index contributed by atoms with van der Waals surface area (Å²) < 4.78 is 10.7. The SMILES string of the molecule is O=C1CN(C(=O)COC(=O)/C=C/c2ccc(OCc3ccccn3)cc2)c2ccccc2N1. The molecule has 0 bridgehead atoms. The first-order chi connectivity index (χ1) is 16.1. The topological polar surface area (TPSA) is 97.8 Å². The maximum atomic E-state index is 12.5. The van der Waals surface area contributed by atoms with Gasteiger partial charge in [0.1, 0.15) is 18.9 Å². The van der Waals surface area contributed by atoms with Crippen molar-refractivity contribution >= 4 is 35.2 Å². The Kier molecular flexibility index (Phi) is 6.75. The number of carbonyl (C=O) groups excluding carboxylic acids is 3. The number of fused-ring (bicyclic) bond motifs is 1. The summed E-state index contributed by atoms with van der Waals surface area (Å²) in [6, 6.07) is 19.7. The average molecular weight is 443 g/mol. The predicted octanol–water partition coefficient (Wildman–Crippen LogP) is 3.20. The minimum absolute atomic E-state index is 0.127. The van der Waals surface area contributed by atoms with E-state index in [-0.39, 0.29) is 12.5 Å². The lowest BCUT2D eigenvalue weighted by molar-refractivity contribution is -0.143. The first-order valence-electron chi connectivity index (χ1n) is 10.3. The van der Waals surface area contributed by atoms with Gasteiger partial charge in [-0.3, -0.25) is 19.5 Å². The maximum Gasteiger partial charge on any atom is 0.331 e. The van der Waals surface area contributed by atoms with Crippen molar-refractivity contribution in [2.75, 3.05) is 23.4 Å². The minimum Gasteiger partial charge on any atom is -0.487 e. The van der Waals surface area contributed by atoms with E-state index in [1.54, 1.807) is 60.8 Å². The van der Waals surface area contributed by atoms with Gasteiger partial charge in [-0.1, -0.05) is 30.3 Å². The minimum atomic E-state index is -0.659. The smallest absolute Gasteiger partial charge is 0.331 e. The Morgan fingerprint density at radius 3 is 2.61 bits per heavy atom. The van der Waals surface area contributed by atoms with Crippen LogP contribution in [0.2, 0.25) is 0 Å². The van der Waals surface area contributed by atoms with E-state index in [1.165, 1.54) is 11.0 Å². The molecule has 0 saturated heterocycles. The van der Waals surface area contributed by atoms with Crippen molar-refractivity contribution in [2.45, 2.75) is 6.61 Å². The summed E-state index contributed by atoms with van der Waals surface area (Å²) >= 11 is 0. The highest BCUT2D eigenvalue weighted by molar-refractivity contribution is 6.10. The van der Waals surface area contributed by atoms with Crippen LogP contribution in [0, 0.1) is 0 Å². The maximum absolute atomic E-state index is 12.5. The summed E-state index contributed by atoms with van der Waals surface area (Å²) in [5.74, 6) is -0.764. The molecule has 0 unspecified atom stereocenters. The van der Waals surface area contributed by atoms with Gasteiger partial charge in [0.2, 0.25) is 5.91 Å². The van der Waals surface area contributed by atoms with Crippen LogP contribution in [0.25, 0.3) is 6.08 Å². The molecule has 1 aliphatic heterocycles. The van der Waals surface area contributed by atoms with Gasteiger partial charge in [0.25, 0.3) is 5.91 Å². The number of pyridine rings is 1. The summed E-state index contributed by atoms with van der Waals surface area (Å²) in [6.07, 6.45) is 4.54. The molecule has 2 amide bonds. The molecule has 166 valence electrons. The lowest BCUT2D eigenvalue weighted by atomic mass is 10.2. The molecule has 2 heterocycles. The van der Waals surface area contributed by atoms with E-state index in [4.69, 9.17) is 9.47 Å². The predicted molar refractivity (Wildman–Crippen MR) is 122 cm³/mol. The summed E-state index contributed by atoms with van der Waals surface area (Å²) in [4.78, 5) is 41.9. The standard InChI is InChI=1S/C25H21N3O5/c29-23-15-28(22-7-2-1-6-21(22)27-23)24(30)17-33-25(31)13-10-18-8-11-20(12-9-18)32-16-19-5-3-4-14-26-19/h1-14H,15-17H2,(H,27,29)/b13-10+. The fraction of sp³-hybridized carbons (Fsp3) is 0.120. The van der Waals surface area contributed by atoms with Crippen molar-refractivity contribution in [1.82, 2.24) is 4.98 Å². The van der Waals surface area contributed by atoms with Crippen LogP contribution in [-0.2, 0) is 25.7 Å². The molecule has 2 aromatic carbocycles. The van der Waals surface area contributed by atoms with E-state index < -0.39 is 18.5 Å². The van der Waals surface area contributed by atoms with Crippen molar-refractivity contribution in [3.8, 4) is 5.75 Å². The van der Waals surface area contributed by atoms with Crippen LogP contribution >= 0.6 is 0 Å². The number of rotatable bonds is 7. The second-order valence-electron chi connectivity index (χ2n) is 7.17. The molecule has 0 fully saturated rings. The second-order valence-corrected chi connectivity index (χ2v) is 7.17. The Morgan fingerprint density at radius 2 is 1.82 bits per heavy atom. The molecule has 1 aliphatic rings. The monoisotopic (exact) mass is 443 g/mol. The Labute approximate surface area is 190 Å². The second kappa shape index (κ2) is 10.2. The molecule has 4 rings (SSSR count). The first kappa shape index (κ1) is 21.8. The fourth-order valence-corrected chi connectivity index (χ4v) is 3.19. The third-order valence-corrected chi connectivity index (χ3v) is 4.81. The largest absolute Gasteiger partial charge is 0.487 e. The molecule has 8 nitrogen and oxygen atoms in total. The number of benzene rings is 2. The van der Waals surface area contributed by atoms with Crippen LogP contribution in [0.3, 0.4) is 0 Å². The lowest BCUT2D eigenvalue weighted by Gasteiger charge is -2.28. The number of nitrogens with zero attached hydrogens (tertiary/aromatic N) is 2. The molecule has 1 N–H and O–H groups in total. The van der Waals surface area contributed by atoms with Crippen LogP contribution in [-0.4, -0.2) is 35.9 Å². The quantitative estimate of drug-likeness (QED) is 0.445. The van der Waals surface area contributed by atoms with Gasteiger partial charge in [0, 0.05) is 12.3 Å². The number of amides is 2. The number of hydrogen-bond donors (Lipinski definition) is 1. The van der Waals surface area contributed by atoms with Crippen LogP contribution in [0.1, 0.15) is 11.3 Å². The van der Waals surface area contributed by atoms with E-state index in [0.29, 0.717) is 23.7 Å². The number of para-hydroxylation sites is 2. The van der Waals surface area contributed by atoms with E-state index in [2.05, 4.69) is 10.3 Å². The summed E-state index contributed by atoms with van der Waals surface area (Å²) in [5.41, 5.74) is 2.71. The van der Waals surface area contributed by atoms with Crippen LogP contribution in [0.15, 0.2) is 79.0 Å². The van der Waals surface area contributed by atoms with E-state index in [1.807, 2.05) is 18.2 Å². The van der Waals surface area contributed by atoms with E-state index in [9.17, 15) is 14.4 Å². The van der Waals surface area contributed by atoms with Crippen molar-refractivity contribution in [3.05, 3.63) is 90.3 Å². The number of carbonyl (C=O) groups is 3. The number of anilines is 2. The highest BCUT2D eigenvalue weighted by Gasteiger charge is 2.26. The van der Waals surface area contributed by atoms with Crippen molar-refractivity contribution in [1.29, 1.82) is 0 Å². The van der Waals surface area contributed by atoms with Crippen molar-refractivity contribution in [3.63, 3.8) is 0 Å². The molecular formula is C25H21N3O5. The fourth-order valence-electron chi connectivity index (χ4n) is 3.19. The molecular weight excluding hydrogens is 422 g/mol. The number of esters is 1. The van der Waals surface area contributed by atoms with Gasteiger partial charge in [-0.2, -0.15) is 0 Å². The number of hydrogen-bond acceptors (Lipinski definition) is 6. The molecule has 1 aromatic heterocycles. The van der Waals surface area contributed by atoms with Gasteiger partial charge < -0.3 is 14.8 Å². The van der Waals surface area contributed by atoms with Gasteiger partial charge >= 0.3 is 5.97 Å². The van der Waals surface area contributed by atoms with Crippen molar-refractivity contribution < 1.29 is 23.9 Å².